The number of amides is 1. The molecule has 22 heavy (non-hydrogen) atoms. The Labute approximate surface area is 130 Å². The zero-order valence-corrected chi connectivity index (χ0v) is 13.4. The third-order valence-electron chi connectivity index (χ3n) is 3.49. The van der Waals surface area contributed by atoms with Gasteiger partial charge in [0.2, 0.25) is 15.9 Å². The lowest BCUT2D eigenvalue weighted by atomic mass is 10.1. The Morgan fingerprint density at radius 2 is 2.00 bits per heavy atom. The molecule has 1 aliphatic heterocycles. The molecule has 1 fully saturated rings. The molecule has 1 atom stereocenters. The van der Waals surface area contributed by atoms with Gasteiger partial charge in [-0.25, -0.2) is 8.42 Å². The summed E-state index contributed by atoms with van der Waals surface area (Å²) >= 11 is 0. The van der Waals surface area contributed by atoms with Crippen molar-refractivity contribution in [2.75, 3.05) is 20.8 Å². The van der Waals surface area contributed by atoms with E-state index in [1.165, 1.54) is 26.4 Å². The van der Waals surface area contributed by atoms with E-state index in [1.807, 2.05) is 0 Å². The number of carbonyl (C=O) groups is 1. The fraction of sp³-hybridized carbons (Fsp3) is 0.500. The highest BCUT2D eigenvalue weighted by atomic mass is 32.2. The van der Waals surface area contributed by atoms with Gasteiger partial charge in [0.1, 0.15) is 22.4 Å². The standard InChI is InChI=1S/C14H20N2O5S/c1-20-10-6-7-12(21-2)13(9-10)22(18,19)16-11-5-3-4-8-15-14(11)17/h6-7,9,11,16H,3-5,8H2,1-2H3,(H,15,17)/t11-/m0/s1. The summed E-state index contributed by atoms with van der Waals surface area (Å²) in [5, 5.41) is 2.70. The summed E-state index contributed by atoms with van der Waals surface area (Å²) in [6.45, 7) is 0.569. The number of hydrogen-bond acceptors (Lipinski definition) is 5. The topological polar surface area (TPSA) is 93.7 Å². The molecule has 2 rings (SSSR count). The van der Waals surface area contributed by atoms with Crippen LogP contribution in [0.3, 0.4) is 0 Å². The molecule has 0 aromatic heterocycles. The first-order valence-corrected chi connectivity index (χ1v) is 8.48. The van der Waals surface area contributed by atoms with Crippen LogP contribution in [-0.4, -0.2) is 41.1 Å². The molecule has 1 heterocycles. The molecule has 0 unspecified atom stereocenters. The van der Waals surface area contributed by atoms with Crippen molar-refractivity contribution in [2.45, 2.75) is 30.2 Å². The molecular formula is C14H20N2O5S. The van der Waals surface area contributed by atoms with E-state index in [-0.39, 0.29) is 16.6 Å². The van der Waals surface area contributed by atoms with Crippen LogP contribution in [0.1, 0.15) is 19.3 Å². The third-order valence-corrected chi connectivity index (χ3v) is 4.99. The van der Waals surface area contributed by atoms with Crippen LogP contribution in [0.15, 0.2) is 23.1 Å². The van der Waals surface area contributed by atoms with Gasteiger partial charge in [-0.3, -0.25) is 4.79 Å². The summed E-state index contributed by atoms with van der Waals surface area (Å²) in [5.41, 5.74) is 0. The average Bonchev–Trinajstić information content (AvgIpc) is 2.71. The molecule has 0 radical (unpaired) electrons. The summed E-state index contributed by atoms with van der Waals surface area (Å²) in [4.78, 5) is 11.9. The summed E-state index contributed by atoms with van der Waals surface area (Å²) in [6.07, 6.45) is 2.09. The zero-order valence-electron chi connectivity index (χ0n) is 12.6. The second-order valence-electron chi connectivity index (χ2n) is 4.98. The molecule has 0 saturated carbocycles. The van der Waals surface area contributed by atoms with Crippen molar-refractivity contribution in [1.82, 2.24) is 10.0 Å². The largest absolute Gasteiger partial charge is 0.497 e. The van der Waals surface area contributed by atoms with Crippen molar-refractivity contribution in [3.63, 3.8) is 0 Å². The van der Waals surface area contributed by atoms with Crippen molar-refractivity contribution in [3.05, 3.63) is 18.2 Å². The van der Waals surface area contributed by atoms with Gasteiger partial charge in [0.05, 0.1) is 14.2 Å². The molecule has 1 aromatic carbocycles. The lowest BCUT2D eigenvalue weighted by Crippen LogP contribution is -2.45. The Bertz CT molecular complexity index is 645. The van der Waals surface area contributed by atoms with Gasteiger partial charge in [0, 0.05) is 12.6 Å². The minimum atomic E-state index is -3.90. The zero-order chi connectivity index (χ0) is 16.2. The average molecular weight is 328 g/mol. The molecule has 122 valence electrons. The van der Waals surface area contributed by atoms with E-state index in [2.05, 4.69) is 10.0 Å². The Morgan fingerprint density at radius 1 is 1.23 bits per heavy atom. The van der Waals surface area contributed by atoms with E-state index < -0.39 is 16.1 Å². The molecule has 0 bridgehead atoms. The van der Waals surface area contributed by atoms with Crippen molar-refractivity contribution in [1.29, 1.82) is 0 Å². The second-order valence-corrected chi connectivity index (χ2v) is 6.66. The molecule has 0 spiro atoms. The Morgan fingerprint density at radius 3 is 2.68 bits per heavy atom. The predicted octanol–water partition coefficient (Wildman–Crippen LogP) is 0.651. The molecule has 7 nitrogen and oxygen atoms in total. The van der Waals surface area contributed by atoms with E-state index in [9.17, 15) is 13.2 Å². The summed E-state index contributed by atoms with van der Waals surface area (Å²) < 4.78 is 37.8. The van der Waals surface area contributed by atoms with Gasteiger partial charge in [-0.2, -0.15) is 4.72 Å². The van der Waals surface area contributed by atoms with E-state index in [4.69, 9.17) is 9.47 Å². The van der Waals surface area contributed by atoms with Gasteiger partial charge in [-0.05, 0) is 31.4 Å². The number of nitrogens with one attached hydrogen (secondary N) is 2. The van der Waals surface area contributed by atoms with E-state index >= 15 is 0 Å². The highest BCUT2D eigenvalue weighted by Crippen LogP contribution is 2.28. The van der Waals surface area contributed by atoms with Crippen molar-refractivity contribution in [2.24, 2.45) is 0 Å². The maximum absolute atomic E-state index is 12.6. The van der Waals surface area contributed by atoms with E-state index in [1.54, 1.807) is 6.07 Å². The molecule has 0 aliphatic carbocycles. The normalized spacial score (nSPS) is 19.2. The predicted molar refractivity (Wildman–Crippen MR) is 80.5 cm³/mol. The first-order valence-electron chi connectivity index (χ1n) is 7.00. The molecule has 2 N–H and O–H groups in total. The van der Waals surface area contributed by atoms with Crippen molar-refractivity contribution >= 4 is 15.9 Å². The Balaban J connectivity index is 2.31. The first-order chi connectivity index (χ1) is 10.5. The Hall–Kier alpha value is -1.80. The van der Waals surface area contributed by atoms with Crippen LogP contribution in [0, 0.1) is 0 Å². The van der Waals surface area contributed by atoms with Gasteiger partial charge >= 0.3 is 0 Å². The fourth-order valence-electron chi connectivity index (χ4n) is 2.30. The summed E-state index contributed by atoms with van der Waals surface area (Å²) in [7, 11) is -1.06. The summed E-state index contributed by atoms with van der Waals surface area (Å²) in [6, 6.07) is 3.72. The minimum Gasteiger partial charge on any atom is -0.497 e. The Kier molecular flexibility index (Phi) is 5.25. The number of benzene rings is 1. The lowest BCUT2D eigenvalue weighted by Gasteiger charge is -2.17. The van der Waals surface area contributed by atoms with Crippen LogP contribution in [0.4, 0.5) is 0 Å². The number of hydrogen-bond donors (Lipinski definition) is 2. The van der Waals surface area contributed by atoms with Crippen LogP contribution in [0.5, 0.6) is 11.5 Å². The highest BCUT2D eigenvalue weighted by Gasteiger charge is 2.29. The quantitative estimate of drug-likeness (QED) is 0.828. The molecular weight excluding hydrogens is 308 g/mol. The number of ether oxygens (including phenoxy) is 2. The maximum Gasteiger partial charge on any atom is 0.245 e. The van der Waals surface area contributed by atoms with Crippen molar-refractivity contribution in [3.8, 4) is 11.5 Å². The molecule has 1 aromatic rings. The van der Waals surface area contributed by atoms with Gasteiger partial charge in [0.25, 0.3) is 0 Å². The smallest absolute Gasteiger partial charge is 0.245 e. The maximum atomic E-state index is 12.6. The third kappa shape index (κ3) is 3.69. The summed E-state index contributed by atoms with van der Waals surface area (Å²) in [5.74, 6) is 0.289. The van der Waals surface area contributed by atoms with Gasteiger partial charge in [-0.1, -0.05) is 0 Å². The van der Waals surface area contributed by atoms with Crippen LogP contribution in [0.2, 0.25) is 0 Å². The first kappa shape index (κ1) is 16.6. The number of carbonyl (C=O) groups excluding carboxylic acids is 1. The SMILES string of the molecule is COc1ccc(OC)c(S(=O)(=O)N[C@H]2CCCCNC2=O)c1. The lowest BCUT2D eigenvalue weighted by molar-refractivity contribution is -0.122. The monoisotopic (exact) mass is 328 g/mol. The van der Waals surface area contributed by atoms with Gasteiger partial charge in [-0.15, -0.1) is 0 Å². The highest BCUT2D eigenvalue weighted by molar-refractivity contribution is 7.89. The van der Waals surface area contributed by atoms with E-state index in [0.29, 0.717) is 18.7 Å². The minimum absolute atomic E-state index is 0.0496. The number of rotatable bonds is 5. The van der Waals surface area contributed by atoms with Crippen molar-refractivity contribution < 1.29 is 22.7 Å². The van der Waals surface area contributed by atoms with Crippen LogP contribution < -0.4 is 19.5 Å². The number of sulfonamides is 1. The molecule has 1 aliphatic rings. The van der Waals surface area contributed by atoms with Gasteiger partial charge < -0.3 is 14.8 Å². The van der Waals surface area contributed by atoms with Crippen LogP contribution in [-0.2, 0) is 14.8 Å². The molecule has 1 saturated heterocycles. The molecule has 1 amide bonds. The van der Waals surface area contributed by atoms with Gasteiger partial charge in [0.15, 0.2) is 0 Å². The second kappa shape index (κ2) is 6.97. The fourth-order valence-corrected chi connectivity index (χ4v) is 3.71. The number of methoxy groups -OCH3 is 2. The van der Waals surface area contributed by atoms with Crippen LogP contribution >= 0.6 is 0 Å². The molecule has 8 heteroatoms. The van der Waals surface area contributed by atoms with E-state index in [0.717, 1.165) is 12.8 Å². The van der Waals surface area contributed by atoms with Crippen LogP contribution in [0.25, 0.3) is 0 Å².